The number of halogens is 3. The summed E-state index contributed by atoms with van der Waals surface area (Å²) in [6.45, 7) is -0.0606. The number of likely N-dealkylation sites (tertiary alicyclic amines) is 1. The Hall–Kier alpha value is -3.61. The van der Waals surface area contributed by atoms with E-state index in [2.05, 4.69) is 20.4 Å². The number of aromatic amines is 1. The van der Waals surface area contributed by atoms with Gasteiger partial charge >= 0.3 is 6.36 Å². The standard InChI is InChI=1S/C26H29F3N4O6/c27-26(28,29)39-21-6-2-5-17-16(21)10-19(31-17)25(38)33-11-14-3-1-4-15(14)22(33)24(37)32-18(20(35)12-34)9-13-7-8-30-23(13)36/h2,5-6,10,13-15,18,22,31,34H,1,3-4,7-9,11-12H2,(H,30,36)(H,32,37)/t13-,14?,15?,18-,22?/m0/s1. The van der Waals surface area contributed by atoms with Crippen LogP contribution < -0.4 is 15.4 Å². The second-order valence-corrected chi connectivity index (χ2v) is 10.4. The molecule has 4 N–H and O–H groups in total. The Morgan fingerprint density at radius 2 is 2.00 bits per heavy atom. The van der Waals surface area contributed by atoms with Gasteiger partial charge in [-0.3, -0.25) is 19.2 Å². The number of rotatable bonds is 8. The number of amides is 3. The molecule has 1 aliphatic carbocycles. The van der Waals surface area contributed by atoms with Crippen LogP contribution in [-0.4, -0.2) is 76.6 Å². The lowest BCUT2D eigenvalue weighted by molar-refractivity contribution is -0.274. The molecule has 13 heteroatoms. The highest BCUT2D eigenvalue weighted by Gasteiger charge is 2.50. The molecule has 3 fully saturated rings. The summed E-state index contributed by atoms with van der Waals surface area (Å²) in [6.07, 6.45) is -1.97. The second kappa shape index (κ2) is 10.5. The number of nitrogens with one attached hydrogen (secondary N) is 3. The summed E-state index contributed by atoms with van der Waals surface area (Å²) < 4.78 is 42.7. The molecule has 39 heavy (non-hydrogen) atoms. The fourth-order valence-electron chi connectivity index (χ4n) is 6.25. The van der Waals surface area contributed by atoms with E-state index in [9.17, 15) is 37.5 Å². The molecule has 0 radical (unpaired) electrons. The van der Waals surface area contributed by atoms with Crippen LogP contribution >= 0.6 is 0 Å². The zero-order valence-electron chi connectivity index (χ0n) is 20.9. The number of alkyl halides is 3. The molecule has 2 aromatic rings. The van der Waals surface area contributed by atoms with Crippen LogP contribution in [-0.2, 0) is 14.4 Å². The zero-order chi connectivity index (χ0) is 27.9. The molecule has 3 unspecified atom stereocenters. The molecular weight excluding hydrogens is 521 g/mol. The Morgan fingerprint density at radius 1 is 1.21 bits per heavy atom. The summed E-state index contributed by atoms with van der Waals surface area (Å²) in [5.74, 6) is -2.99. The van der Waals surface area contributed by atoms with Gasteiger partial charge in [-0.05, 0) is 55.7 Å². The van der Waals surface area contributed by atoms with Gasteiger partial charge in [-0.1, -0.05) is 12.5 Å². The number of ether oxygens (including phenoxy) is 1. The van der Waals surface area contributed by atoms with Crippen molar-refractivity contribution in [3.05, 3.63) is 30.0 Å². The molecule has 2 saturated heterocycles. The number of Topliss-reactive ketones (excluding diaryl/α,β-unsaturated/α-hetero) is 1. The molecule has 210 valence electrons. The van der Waals surface area contributed by atoms with E-state index >= 15 is 0 Å². The maximum absolute atomic E-state index is 13.6. The van der Waals surface area contributed by atoms with Crippen molar-refractivity contribution in [2.24, 2.45) is 17.8 Å². The van der Waals surface area contributed by atoms with E-state index in [1.165, 1.54) is 23.1 Å². The van der Waals surface area contributed by atoms with Crippen molar-refractivity contribution in [1.29, 1.82) is 0 Å². The molecule has 3 amide bonds. The molecule has 10 nitrogen and oxygen atoms in total. The Bertz CT molecular complexity index is 1290. The molecule has 1 saturated carbocycles. The van der Waals surface area contributed by atoms with Gasteiger partial charge in [0.1, 0.15) is 24.1 Å². The average molecular weight is 551 g/mol. The summed E-state index contributed by atoms with van der Waals surface area (Å²) in [4.78, 5) is 56.0. The van der Waals surface area contributed by atoms with Gasteiger partial charge in [0, 0.05) is 29.9 Å². The monoisotopic (exact) mass is 550 g/mol. The van der Waals surface area contributed by atoms with Crippen LogP contribution in [0, 0.1) is 17.8 Å². The highest BCUT2D eigenvalue weighted by molar-refractivity contribution is 6.02. The van der Waals surface area contributed by atoms with Crippen LogP contribution in [0.2, 0.25) is 0 Å². The summed E-state index contributed by atoms with van der Waals surface area (Å²) in [5.41, 5.74) is 0.274. The van der Waals surface area contributed by atoms with Crippen LogP contribution in [0.1, 0.15) is 42.6 Å². The highest BCUT2D eigenvalue weighted by Crippen LogP contribution is 2.43. The molecular formula is C26H29F3N4O6. The summed E-state index contributed by atoms with van der Waals surface area (Å²) in [6, 6.07) is 3.31. The number of hydrogen-bond donors (Lipinski definition) is 4. The first-order valence-corrected chi connectivity index (χ1v) is 13.0. The van der Waals surface area contributed by atoms with Crippen molar-refractivity contribution < 1.29 is 42.2 Å². The normalized spacial score (nSPS) is 25.4. The molecule has 1 aromatic carbocycles. The predicted molar refractivity (Wildman–Crippen MR) is 130 cm³/mol. The van der Waals surface area contributed by atoms with E-state index in [4.69, 9.17) is 0 Å². The number of fused-ring (bicyclic) bond motifs is 2. The number of aliphatic hydroxyl groups is 1. The second-order valence-electron chi connectivity index (χ2n) is 10.4. The first-order chi connectivity index (χ1) is 18.6. The van der Waals surface area contributed by atoms with E-state index < -0.39 is 54.3 Å². The fourth-order valence-corrected chi connectivity index (χ4v) is 6.25. The van der Waals surface area contributed by atoms with Crippen molar-refractivity contribution in [3.8, 4) is 5.75 Å². The molecule has 5 rings (SSSR count). The van der Waals surface area contributed by atoms with Gasteiger partial charge in [0.25, 0.3) is 5.91 Å². The first kappa shape index (κ1) is 27.0. The third kappa shape index (κ3) is 5.45. The van der Waals surface area contributed by atoms with E-state index in [0.717, 1.165) is 18.9 Å². The molecule has 0 spiro atoms. The maximum atomic E-state index is 13.6. The number of ketones is 1. The van der Waals surface area contributed by atoms with Crippen LogP contribution in [0.3, 0.4) is 0 Å². The van der Waals surface area contributed by atoms with E-state index in [-0.39, 0.29) is 47.3 Å². The average Bonchev–Trinajstić information content (AvgIpc) is 3.66. The number of hydrogen-bond acceptors (Lipinski definition) is 6. The molecule has 3 aliphatic rings. The summed E-state index contributed by atoms with van der Waals surface area (Å²) in [5, 5.41) is 14.9. The lowest BCUT2D eigenvalue weighted by Gasteiger charge is -2.29. The Balaban J connectivity index is 1.39. The van der Waals surface area contributed by atoms with Crippen LogP contribution in [0.4, 0.5) is 13.2 Å². The predicted octanol–water partition coefficient (Wildman–Crippen LogP) is 1.88. The number of nitrogens with zero attached hydrogens (tertiary/aromatic N) is 1. The number of aromatic nitrogens is 1. The smallest absolute Gasteiger partial charge is 0.405 e. The Labute approximate surface area is 221 Å². The summed E-state index contributed by atoms with van der Waals surface area (Å²) in [7, 11) is 0. The van der Waals surface area contributed by atoms with Crippen molar-refractivity contribution >= 4 is 34.4 Å². The molecule has 0 bridgehead atoms. The van der Waals surface area contributed by atoms with Gasteiger partial charge in [-0.2, -0.15) is 0 Å². The van der Waals surface area contributed by atoms with Crippen molar-refractivity contribution in [2.45, 2.75) is 50.6 Å². The molecule has 3 heterocycles. The lowest BCUT2D eigenvalue weighted by atomic mass is 9.92. The number of carbonyl (C=O) groups is 4. The maximum Gasteiger partial charge on any atom is 0.573 e. The molecule has 1 aromatic heterocycles. The molecule has 5 atom stereocenters. The number of carbonyl (C=O) groups excluding carboxylic acids is 4. The van der Waals surface area contributed by atoms with Crippen molar-refractivity contribution in [1.82, 2.24) is 20.5 Å². The number of aliphatic hydroxyl groups excluding tert-OH is 1. The van der Waals surface area contributed by atoms with Gasteiger partial charge in [0.2, 0.25) is 11.8 Å². The SMILES string of the molecule is O=C(N[C@@H](C[C@@H]1CCNC1=O)C(=O)CO)C1C2CCCC2CN1C(=O)c1cc2c(OC(F)(F)F)cccc2[nH]1. The third-order valence-electron chi connectivity index (χ3n) is 8.04. The topological polar surface area (TPSA) is 141 Å². The van der Waals surface area contributed by atoms with Gasteiger partial charge in [-0.15, -0.1) is 13.2 Å². The quantitative estimate of drug-likeness (QED) is 0.396. The largest absolute Gasteiger partial charge is 0.573 e. The van der Waals surface area contributed by atoms with Gasteiger partial charge in [0.05, 0.1) is 6.04 Å². The van der Waals surface area contributed by atoms with E-state index in [1.54, 1.807) is 0 Å². The highest BCUT2D eigenvalue weighted by atomic mass is 19.4. The Morgan fingerprint density at radius 3 is 2.69 bits per heavy atom. The minimum absolute atomic E-state index is 0.00612. The van der Waals surface area contributed by atoms with Crippen LogP contribution in [0.25, 0.3) is 10.9 Å². The lowest BCUT2D eigenvalue weighted by Crippen LogP contribution is -2.53. The van der Waals surface area contributed by atoms with Gasteiger partial charge in [0.15, 0.2) is 5.78 Å². The fraction of sp³-hybridized carbons (Fsp3) is 0.538. The van der Waals surface area contributed by atoms with Crippen molar-refractivity contribution in [3.63, 3.8) is 0 Å². The number of benzene rings is 1. The zero-order valence-corrected chi connectivity index (χ0v) is 20.9. The molecule has 2 aliphatic heterocycles. The Kier molecular flexibility index (Phi) is 7.27. The number of H-pyrrole nitrogens is 1. The van der Waals surface area contributed by atoms with Crippen LogP contribution in [0.5, 0.6) is 5.75 Å². The van der Waals surface area contributed by atoms with Crippen LogP contribution in [0.15, 0.2) is 24.3 Å². The van der Waals surface area contributed by atoms with E-state index in [0.29, 0.717) is 19.4 Å². The van der Waals surface area contributed by atoms with Crippen molar-refractivity contribution in [2.75, 3.05) is 19.7 Å². The summed E-state index contributed by atoms with van der Waals surface area (Å²) >= 11 is 0. The minimum atomic E-state index is -4.91. The van der Waals surface area contributed by atoms with Gasteiger partial charge < -0.3 is 30.4 Å². The third-order valence-corrected chi connectivity index (χ3v) is 8.04. The minimum Gasteiger partial charge on any atom is -0.405 e. The first-order valence-electron chi connectivity index (χ1n) is 13.0. The van der Waals surface area contributed by atoms with Gasteiger partial charge in [-0.25, -0.2) is 0 Å². The van der Waals surface area contributed by atoms with E-state index in [1.807, 2.05) is 0 Å².